The van der Waals surface area contributed by atoms with Gasteiger partial charge in [0, 0.05) is 4.88 Å². The zero-order valence-corrected chi connectivity index (χ0v) is 13.5. The van der Waals surface area contributed by atoms with Gasteiger partial charge in [0.2, 0.25) is 0 Å². The zero-order chi connectivity index (χ0) is 16.3. The summed E-state index contributed by atoms with van der Waals surface area (Å²) < 4.78 is 29.8. The van der Waals surface area contributed by atoms with Crippen molar-refractivity contribution in [1.82, 2.24) is 0 Å². The lowest BCUT2D eigenvalue weighted by atomic mass is 10.1. The third kappa shape index (κ3) is 3.42. The minimum Gasteiger partial charge on any atom is -0.378 e. The summed E-state index contributed by atoms with van der Waals surface area (Å²) in [6.07, 6.45) is 0. The maximum atomic E-state index is 12.3. The predicted molar refractivity (Wildman–Crippen MR) is 88.7 cm³/mol. The number of benzene rings is 2. The van der Waals surface area contributed by atoms with Crippen LogP contribution in [0.4, 0.5) is 0 Å². The first-order valence-corrected chi connectivity index (χ1v) is 8.91. The molecule has 0 radical (unpaired) electrons. The van der Waals surface area contributed by atoms with E-state index >= 15 is 0 Å². The maximum Gasteiger partial charge on any atom is 0.348 e. The Bertz CT molecular complexity index is 953. The number of rotatable bonds is 4. The van der Waals surface area contributed by atoms with Crippen molar-refractivity contribution >= 4 is 21.5 Å². The van der Waals surface area contributed by atoms with Gasteiger partial charge in [-0.05, 0) is 42.0 Å². The Morgan fingerprint density at radius 2 is 1.61 bits per heavy atom. The summed E-state index contributed by atoms with van der Waals surface area (Å²) in [5, 5.41) is 8.81. The average Bonchev–Trinajstić information content (AvgIpc) is 3.06. The molecule has 0 saturated carbocycles. The summed E-state index contributed by atoms with van der Waals surface area (Å²) in [7, 11) is -3.85. The molecule has 0 saturated heterocycles. The topological polar surface area (TPSA) is 67.2 Å². The molecular formula is C17H11NO3S2. The second-order valence-corrected chi connectivity index (χ2v) is 7.52. The lowest BCUT2D eigenvalue weighted by molar-refractivity contribution is 0.488. The van der Waals surface area contributed by atoms with Gasteiger partial charge in [-0.3, -0.25) is 0 Å². The highest BCUT2D eigenvalue weighted by Gasteiger charge is 2.19. The van der Waals surface area contributed by atoms with Crippen LogP contribution in [-0.4, -0.2) is 8.42 Å². The molecule has 23 heavy (non-hydrogen) atoms. The fourth-order valence-electron chi connectivity index (χ4n) is 1.96. The molecule has 0 spiro atoms. The van der Waals surface area contributed by atoms with Gasteiger partial charge in [0.05, 0.1) is 11.6 Å². The standard InChI is InChI=1S/C17H11NO3S2/c18-12-13-6-8-14(9-7-13)16-10-11-17(22-16)23(19,20)21-15-4-2-1-3-5-15/h1-11H. The Morgan fingerprint density at radius 3 is 2.26 bits per heavy atom. The van der Waals surface area contributed by atoms with Crippen LogP contribution in [0.1, 0.15) is 5.56 Å². The molecule has 2 aromatic carbocycles. The van der Waals surface area contributed by atoms with E-state index in [1.54, 1.807) is 60.7 Å². The van der Waals surface area contributed by atoms with Gasteiger partial charge in [0.15, 0.2) is 4.21 Å². The Kier molecular flexibility index (Phi) is 4.15. The Balaban J connectivity index is 1.87. The Labute approximate surface area is 138 Å². The van der Waals surface area contributed by atoms with E-state index in [1.165, 1.54) is 6.07 Å². The van der Waals surface area contributed by atoms with Gasteiger partial charge >= 0.3 is 10.1 Å². The maximum absolute atomic E-state index is 12.3. The third-order valence-electron chi connectivity index (χ3n) is 3.08. The second kappa shape index (κ2) is 6.24. The fraction of sp³-hybridized carbons (Fsp3) is 0. The van der Waals surface area contributed by atoms with Crippen molar-refractivity contribution in [2.75, 3.05) is 0 Å². The zero-order valence-electron chi connectivity index (χ0n) is 11.8. The van der Waals surface area contributed by atoms with Crippen LogP contribution >= 0.6 is 11.3 Å². The van der Waals surface area contributed by atoms with Crippen molar-refractivity contribution in [3.05, 3.63) is 72.3 Å². The number of hydrogen-bond acceptors (Lipinski definition) is 5. The SMILES string of the molecule is N#Cc1ccc(-c2ccc(S(=O)(=O)Oc3ccccc3)s2)cc1. The van der Waals surface area contributed by atoms with E-state index in [9.17, 15) is 8.42 Å². The van der Waals surface area contributed by atoms with E-state index in [0.717, 1.165) is 21.8 Å². The molecule has 0 fully saturated rings. The molecule has 3 rings (SSSR count). The largest absolute Gasteiger partial charge is 0.378 e. The molecule has 0 unspecified atom stereocenters. The quantitative estimate of drug-likeness (QED) is 0.671. The van der Waals surface area contributed by atoms with Gasteiger partial charge in [-0.15, -0.1) is 11.3 Å². The average molecular weight is 341 g/mol. The molecule has 1 aromatic heterocycles. The van der Waals surface area contributed by atoms with E-state index in [0.29, 0.717) is 5.56 Å². The molecule has 6 heteroatoms. The third-order valence-corrected chi connectivity index (χ3v) is 5.91. The normalized spacial score (nSPS) is 10.9. The lowest BCUT2D eigenvalue weighted by Crippen LogP contribution is -2.07. The number of hydrogen-bond donors (Lipinski definition) is 0. The van der Waals surface area contributed by atoms with Crippen LogP contribution in [0.3, 0.4) is 0 Å². The first-order chi connectivity index (χ1) is 11.1. The number of thiophene rings is 1. The number of nitrogens with zero attached hydrogens (tertiary/aromatic N) is 1. The van der Waals surface area contributed by atoms with Crippen molar-refractivity contribution in [3.63, 3.8) is 0 Å². The van der Waals surface area contributed by atoms with Crippen LogP contribution in [-0.2, 0) is 10.1 Å². The van der Waals surface area contributed by atoms with Gasteiger partial charge in [-0.2, -0.15) is 13.7 Å². The molecule has 0 bridgehead atoms. The van der Waals surface area contributed by atoms with Crippen LogP contribution in [0.2, 0.25) is 0 Å². The van der Waals surface area contributed by atoms with Crippen molar-refractivity contribution in [1.29, 1.82) is 5.26 Å². The van der Waals surface area contributed by atoms with Gasteiger partial charge in [-0.1, -0.05) is 30.3 Å². The first kappa shape index (κ1) is 15.3. The van der Waals surface area contributed by atoms with Crippen LogP contribution in [0, 0.1) is 11.3 Å². The number of para-hydroxylation sites is 1. The summed E-state index contributed by atoms with van der Waals surface area (Å²) in [5.41, 5.74) is 1.42. The van der Waals surface area contributed by atoms with E-state index in [-0.39, 0.29) is 9.96 Å². The van der Waals surface area contributed by atoms with Gasteiger partial charge < -0.3 is 4.18 Å². The van der Waals surface area contributed by atoms with Gasteiger partial charge in [0.1, 0.15) is 5.75 Å². The molecular weight excluding hydrogens is 330 g/mol. The minimum absolute atomic E-state index is 0.140. The monoisotopic (exact) mass is 341 g/mol. The molecule has 1 heterocycles. The van der Waals surface area contributed by atoms with Crippen molar-refractivity contribution in [2.45, 2.75) is 4.21 Å². The Morgan fingerprint density at radius 1 is 0.913 bits per heavy atom. The van der Waals surface area contributed by atoms with E-state index in [4.69, 9.17) is 9.44 Å². The lowest BCUT2D eigenvalue weighted by Gasteiger charge is -2.04. The Hall–Kier alpha value is -2.62. The van der Waals surface area contributed by atoms with E-state index in [2.05, 4.69) is 0 Å². The molecule has 114 valence electrons. The molecule has 0 aliphatic carbocycles. The summed E-state index contributed by atoms with van der Waals surface area (Å²) in [4.78, 5) is 0.796. The summed E-state index contributed by atoms with van der Waals surface area (Å²) in [6.45, 7) is 0. The summed E-state index contributed by atoms with van der Waals surface area (Å²) in [5.74, 6) is 0.279. The fourth-order valence-corrected chi connectivity index (χ4v) is 4.17. The number of nitriles is 1. The summed E-state index contributed by atoms with van der Waals surface area (Å²) >= 11 is 1.13. The molecule has 4 nitrogen and oxygen atoms in total. The van der Waals surface area contributed by atoms with Crippen molar-refractivity contribution < 1.29 is 12.6 Å². The van der Waals surface area contributed by atoms with Crippen LogP contribution in [0.25, 0.3) is 10.4 Å². The van der Waals surface area contributed by atoms with E-state index < -0.39 is 10.1 Å². The first-order valence-electron chi connectivity index (χ1n) is 6.68. The minimum atomic E-state index is -3.85. The highest BCUT2D eigenvalue weighted by atomic mass is 32.3. The molecule has 0 N–H and O–H groups in total. The smallest absolute Gasteiger partial charge is 0.348 e. The highest BCUT2D eigenvalue weighted by Crippen LogP contribution is 2.32. The molecule has 3 aromatic rings. The van der Waals surface area contributed by atoms with Crippen LogP contribution in [0.5, 0.6) is 5.75 Å². The van der Waals surface area contributed by atoms with E-state index in [1.807, 2.05) is 6.07 Å². The molecule has 0 aliphatic heterocycles. The van der Waals surface area contributed by atoms with Gasteiger partial charge in [-0.25, -0.2) is 0 Å². The van der Waals surface area contributed by atoms with Crippen LogP contribution in [0.15, 0.2) is 70.9 Å². The highest BCUT2D eigenvalue weighted by molar-refractivity contribution is 7.89. The van der Waals surface area contributed by atoms with Crippen molar-refractivity contribution in [3.8, 4) is 22.3 Å². The molecule has 0 atom stereocenters. The van der Waals surface area contributed by atoms with Crippen molar-refractivity contribution in [2.24, 2.45) is 0 Å². The predicted octanol–water partition coefficient (Wildman–Crippen LogP) is 4.05. The van der Waals surface area contributed by atoms with Gasteiger partial charge in [0.25, 0.3) is 0 Å². The second-order valence-electron chi connectivity index (χ2n) is 4.66. The summed E-state index contributed by atoms with van der Waals surface area (Å²) in [6, 6.07) is 20.7. The molecule has 0 amide bonds. The van der Waals surface area contributed by atoms with Crippen LogP contribution < -0.4 is 4.18 Å². The molecule has 0 aliphatic rings.